The van der Waals surface area contributed by atoms with E-state index in [-0.39, 0.29) is 34.0 Å². The SMILES string of the molecule is CCOC(=O)C(Cc1ccc(NC(=O)c2c(Cl)cncc2Cl)cc1)NC1=C(SC)C(=O)C12CCCCC2. The third-order valence-corrected chi connectivity index (χ3v) is 8.25. The Labute approximate surface area is 230 Å². The summed E-state index contributed by atoms with van der Waals surface area (Å²) in [5.41, 5.74) is 1.97. The molecular formula is C27H29Cl2N3O4S. The van der Waals surface area contributed by atoms with Gasteiger partial charge in [0.2, 0.25) is 0 Å². The number of thioether (sulfide) groups is 1. The number of hydrogen-bond donors (Lipinski definition) is 2. The van der Waals surface area contributed by atoms with Gasteiger partial charge in [0.1, 0.15) is 6.04 Å². The molecule has 2 N–H and O–H groups in total. The van der Waals surface area contributed by atoms with Crippen molar-refractivity contribution in [2.24, 2.45) is 5.41 Å². The zero-order chi connectivity index (χ0) is 26.6. The molecular weight excluding hydrogens is 533 g/mol. The van der Waals surface area contributed by atoms with Crippen LogP contribution in [0.15, 0.2) is 47.3 Å². The van der Waals surface area contributed by atoms with Gasteiger partial charge in [0.25, 0.3) is 5.91 Å². The summed E-state index contributed by atoms with van der Waals surface area (Å²) in [6, 6.07) is 6.54. The minimum atomic E-state index is -0.640. The van der Waals surface area contributed by atoms with Gasteiger partial charge in [-0.3, -0.25) is 14.6 Å². The van der Waals surface area contributed by atoms with Crippen LogP contribution in [0.4, 0.5) is 5.69 Å². The maximum Gasteiger partial charge on any atom is 0.328 e. The van der Waals surface area contributed by atoms with Crippen molar-refractivity contribution >= 4 is 58.3 Å². The minimum Gasteiger partial charge on any atom is -0.464 e. The number of rotatable bonds is 9. The van der Waals surface area contributed by atoms with Crippen molar-refractivity contribution in [3.63, 3.8) is 0 Å². The first-order valence-corrected chi connectivity index (χ1v) is 14.2. The number of ketones is 1. The molecule has 0 saturated heterocycles. The maximum atomic E-state index is 13.0. The smallest absolute Gasteiger partial charge is 0.328 e. The van der Waals surface area contributed by atoms with Gasteiger partial charge in [0, 0.05) is 30.2 Å². The van der Waals surface area contributed by atoms with Crippen LogP contribution in [0.25, 0.3) is 0 Å². The number of halogens is 2. The minimum absolute atomic E-state index is 0.151. The molecule has 1 unspecified atom stereocenters. The van der Waals surface area contributed by atoms with Crippen LogP contribution in [0.3, 0.4) is 0 Å². The van der Waals surface area contributed by atoms with Gasteiger partial charge in [-0.15, -0.1) is 11.8 Å². The van der Waals surface area contributed by atoms with E-state index in [2.05, 4.69) is 15.6 Å². The zero-order valence-corrected chi connectivity index (χ0v) is 23.1. The van der Waals surface area contributed by atoms with Crippen LogP contribution in [0, 0.1) is 5.41 Å². The third kappa shape index (κ3) is 5.66. The molecule has 1 atom stereocenters. The predicted molar refractivity (Wildman–Crippen MR) is 147 cm³/mol. The molecule has 0 radical (unpaired) electrons. The molecule has 1 heterocycles. The quantitative estimate of drug-likeness (QED) is 0.372. The highest BCUT2D eigenvalue weighted by Crippen LogP contribution is 2.54. The van der Waals surface area contributed by atoms with Crippen LogP contribution in [0.2, 0.25) is 10.0 Å². The van der Waals surface area contributed by atoms with Gasteiger partial charge in [-0.05, 0) is 43.7 Å². The molecule has 196 valence electrons. The van der Waals surface area contributed by atoms with Crippen molar-refractivity contribution in [1.29, 1.82) is 0 Å². The highest BCUT2D eigenvalue weighted by Gasteiger charge is 2.54. The molecule has 37 heavy (non-hydrogen) atoms. The number of esters is 1. The van der Waals surface area contributed by atoms with Gasteiger partial charge in [-0.1, -0.05) is 54.6 Å². The largest absolute Gasteiger partial charge is 0.464 e. The molecule has 0 aliphatic heterocycles. The summed E-state index contributed by atoms with van der Waals surface area (Å²) in [6.45, 7) is 2.04. The molecule has 2 aliphatic carbocycles. The number of nitrogens with one attached hydrogen (secondary N) is 2. The topological polar surface area (TPSA) is 97.4 Å². The lowest BCUT2D eigenvalue weighted by Gasteiger charge is -2.47. The van der Waals surface area contributed by atoms with Gasteiger partial charge in [0.15, 0.2) is 5.78 Å². The van der Waals surface area contributed by atoms with E-state index in [1.54, 1.807) is 19.1 Å². The van der Waals surface area contributed by atoms with E-state index in [1.165, 1.54) is 24.2 Å². The number of ether oxygens (including phenoxy) is 1. The second-order valence-electron chi connectivity index (χ2n) is 9.16. The second kappa shape index (κ2) is 11.9. The lowest BCUT2D eigenvalue weighted by molar-refractivity contribution is -0.146. The number of aromatic nitrogens is 1. The van der Waals surface area contributed by atoms with Crippen LogP contribution in [0.5, 0.6) is 0 Å². The van der Waals surface area contributed by atoms with Gasteiger partial charge in [0.05, 0.1) is 32.5 Å². The van der Waals surface area contributed by atoms with E-state index in [1.807, 2.05) is 18.4 Å². The molecule has 1 aromatic heterocycles. The van der Waals surface area contributed by atoms with Crippen LogP contribution < -0.4 is 10.6 Å². The summed E-state index contributed by atoms with van der Waals surface area (Å²) in [6.07, 6.45) is 9.74. The Kier molecular flexibility index (Phi) is 8.82. The molecule has 2 aliphatic rings. The van der Waals surface area contributed by atoms with Crippen molar-refractivity contribution in [3.05, 3.63) is 68.4 Å². The molecule has 10 heteroatoms. The molecule has 0 bridgehead atoms. The fourth-order valence-electron chi connectivity index (χ4n) is 5.02. The molecule has 1 aromatic carbocycles. The molecule has 2 aromatic rings. The predicted octanol–water partition coefficient (Wildman–Crippen LogP) is 5.81. The number of carbonyl (C=O) groups excluding carboxylic acids is 3. The normalized spacial score (nSPS) is 17.2. The molecule has 1 fully saturated rings. The molecule has 1 spiro atoms. The molecule has 4 rings (SSSR count). The number of nitrogens with zero attached hydrogens (tertiary/aromatic N) is 1. The summed E-state index contributed by atoms with van der Waals surface area (Å²) in [5.74, 6) is -0.611. The summed E-state index contributed by atoms with van der Waals surface area (Å²) in [7, 11) is 0. The highest BCUT2D eigenvalue weighted by atomic mass is 35.5. The van der Waals surface area contributed by atoms with E-state index in [4.69, 9.17) is 27.9 Å². The maximum absolute atomic E-state index is 13.0. The average Bonchev–Trinajstić information content (AvgIpc) is 2.89. The third-order valence-electron chi connectivity index (χ3n) is 6.88. The van der Waals surface area contributed by atoms with Crippen LogP contribution in [-0.2, 0) is 20.7 Å². The monoisotopic (exact) mass is 561 g/mol. The summed E-state index contributed by atoms with van der Waals surface area (Å²) in [5, 5.41) is 6.52. The number of Topliss-reactive ketones (excluding diaryl/α,β-unsaturated/α-hetero) is 1. The Morgan fingerprint density at radius 3 is 2.35 bits per heavy atom. The Bertz CT molecular complexity index is 1210. The van der Waals surface area contributed by atoms with E-state index >= 15 is 0 Å². The second-order valence-corrected chi connectivity index (χ2v) is 10.8. The molecule has 1 amide bonds. The number of allylic oxidation sites excluding steroid dienone is 2. The van der Waals surface area contributed by atoms with Gasteiger partial charge in [-0.2, -0.15) is 0 Å². The first-order chi connectivity index (χ1) is 17.8. The van der Waals surface area contributed by atoms with Crippen molar-refractivity contribution in [1.82, 2.24) is 10.3 Å². The lowest BCUT2D eigenvalue weighted by atomic mass is 9.62. The highest BCUT2D eigenvalue weighted by molar-refractivity contribution is 8.03. The molecule has 7 nitrogen and oxygen atoms in total. The van der Waals surface area contributed by atoms with Gasteiger partial charge >= 0.3 is 5.97 Å². The van der Waals surface area contributed by atoms with E-state index in [9.17, 15) is 14.4 Å². The summed E-state index contributed by atoms with van der Waals surface area (Å²) < 4.78 is 5.36. The van der Waals surface area contributed by atoms with Gasteiger partial charge < -0.3 is 15.4 Å². The van der Waals surface area contributed by atoms with Crippen LogP contribution in [-0.4, -0.2) is 41.5 Å². The average molecular weight is 563 g/mol. The Hall–Kier alpha value is -2.55. The first-order valence-electron chi connectivity index (χ1n) is 12.3. The number of carbonyl (C=O) groups is 3. The van der Waals surface area contributed by atoms with Crippen LogP contribution in [0.1, 0.15) is 54.9 Å². The number of anilines is 1. The van der Waals surface area contributed by atoms with Crippen molar-refractivity contribution in [3.8, 4) is 0 Å². The Morgan fingerprint density at radius 1 is 1.11 bits per heavy atom. The lowest BCUT2D eigenvalue weighted by Crippen LogP contribution is -2.54. The fourth-order valence-corrected chi connectivity index (χ4v) is 6.40. The zero-order valence-electron chi connectivity index (χ0n) is 20.7. The first kappa shape index (κ1) is 27.5. The standard InChI is InChI=1S/C27H29Cl2N3O4S/c1-3-36-26(35)20(32-23-22(37-2)24(33)27(23)11-5-4-6-12-27)13-16-7-9-17(10-8-16)31-25(34)21-18(28)14-30-15-19(21)29/h7-10,14-15,20,32H,3-6,11-13H2,1-2H3,(H,31,34). The summed E-state index contributed by atoms with van der Waals surface area (Å²) >= 11 is 13.6. The molecule has 1 saturated carbocycles. The number of hydrogen-bond acceptors (Lipinski definition) is 7. The van der Waals surface area contributed by atoms with E-state index in [0.29, 0.717) is 17.0 Å². The van der Waals surface area contributed by atoms with Crippen LogP contribution >= 0.6 is 35.0 Å². The van der Waals surface area contributed by atoms with E-state index in [0.717, 1.165) is 43.4 Å². The number of pyridine rings is 1. The Morgan fingerprint density at radius 2 is 1.76 bits per heavy atom. The van der Waals surface area contributed by atoms with E-state index < -0.39 is 17.4 Å². The number of amides is 1. The van der Waals surface area contributed by atoms with Crippen molar-refractivity contribution in [2.45, 2.75) is 51.5 Å². The Balaban J connectivity index is 1.50. The van der Waals surface area contributed by atoms with Gasteiger partial charge in [-0.25, -0.2) is 4.79 Å². The summed E-state index contributed by atoms with van der Waals surface area (Å²) in [4.78, 5) is 43.1. The fraction of sp³-hybridized carbons (Fsp3) is 0.407. The van der Waals surface area contributed by atoms with Crippen molar-refractivity contribution in [2.75, 3.05) is 18.2 Å². The van der Waals surface area contributed by atoms with Crippen molar-refractivity contribution < 1.29 is 19.1 Å². The number of benzene rings is 1.